The van der Waals surface area contributed by atoms with Crippen molar-refractivity contribution in [3.63, 3.8) is 0 Å². The van der Waals surface area contributed by atoms with Crippen molar-refractivity contribution in [3.05, 3.63) is 29.8 Å². The second-order valence-corrected chi connectivity index (χ2v) is 7.35. The number of piperidine rings is 1. The van der Waals surface area contributed by atoms with Crippen molar-refractivity contribution < 1.29 is 14.3 Å². The molecule has 0 atom stereocenters. The van der Waals surface area contributed by atoms with Crippen molar-refractivity contribution in [3.8, 4) is 11.8 Å². The highest BCUT2D eigenvalue weighted by atomic mass is 16.6. The van der Waals surface area contributed by atoms with Crippen LogP contribution in [-0.4, -0.2) is 36.8 Å². The Balaban J connectivity index is 2.04. The number of hydrogen-bond acceptors (Lipinski definition) is 4. The second kappa shape index (κ2) is 7.12. The molecule has 1 saturated heterocycles. The maximum Gasteiger partial charge on any atom is 0.410 e. The van der Waals surface area contributed by atoms with Crippen LogP contribution in [0.25, 0.3) is 0 Å². The minimum atomic E-state index is -0.502. The van der Waals surface area contributed by atoms with E-state index in [1.807, 2.05) is 45.0 Å². The highest BCUT2D eigenvalue weighted by Gasteiger charge is 2.38. The quantitative estimate of drug-likeness (QED) is 0.846. The van der Waals surface area contributed by atoms with E-state index in [9.17, 15) is 10.1 Å². The van der Waals surface area contributed by atoms with Crippen LogP contribution < -0.4 is 4.74 Å². The first-order chi connectivity index (χ1) is 11.3. The molecule has 0 aromatic heterocycles. The lowest BCUT2D eigenvalue weighted by Crippen LogP contribution is -2.45. The maximum atomic E-state index is 12.2. The molecule has 1 aliphatic rings. The van der Waals surface area contributed by atoms with Gasteiger partial charge in [0.05, 0.1) is 18.6 Å². The monoisotopic (exact) mass is 330 g/mol. The van der Waals surface area contributed by atoms with Crippen molar-refractivity contribution in [2.24, 2.45) is 5.41 Å². The summed E-state index contributed by atoms with van der Waals surface area (Å²) >= 11 is 0. The lowest BCUT2D eigenvalue weighted by atomic mass is 9.75. The molecule has 2 rings (SSSR count). The Hall–Kier alpha value is -2.22. The zero-order chi connectivity index (χ0) is 17.8. The van der Waals surface area contributed by atoms with Crippen molar-refractivity contribution in [1.82, 2.24) is 4.90 Å². The number of benzene rings is 1. The van der Waals surface area contributed by atoms with Gasteiger partial charge >= 0.3 is 6.09 Å². The van der Waals surface area contributed by atoms with Gasteiger partial charge in [0, 0.05) is 13.1 Å². The molecule has 0 radical (unpaired) electrons. The fourth-order valence-corrected chi connectivity index (χ4v) is 2.99. The topological polar surface area (TPSA) is 62.6 Å². The summed E-state index contributed by atoms with van der Waals surface area (Å²) in [6, 6.07) is 10.3. The molecule has 5 heteroatoms. The number of ether oxygens (including phenoxy) is 2. The molecule has 0 N–H and O–H groups in total. The Labute approximate surface area is 144 Å². The van der Waals surface area contributed by atoms with Crippen LogP contribution in [0.1, 0.15) is 39.2 Å². The van der Waals surface area contributed by atoms with E-state index in [-0.39, 0.29) is 6.09 Å². The first kappa shape index (κ1) is 18.1. The number of rotatable bonds is 3. The van der Waals surface area contributed by atoms with Crippen LogP contribution in [0.2, 0.25) is 0 Å². The Morgan fingerprint density at radius 1 is 1.29 bits per heavy atom. The lowest BCUT2D eigenvalue weighted by Gasteiger charge is -2.38. The molecule has 24 heavy (non-hydrogen) atoms. The molecule has 1 aromatic rings. The number of hydrogen-bond donors (Lipinski definition) is 0. The number of amides is 1. The normalized spacial score (nSPS) is 17.0. The zero-order valence-corrected chi connectivity index (χ0v) is 15.0. The minimum absolute atomic E-state index is 0.300. The molecular weight excluding hydrogens is 304 g/mol. The molecule has 0 aliphatic carbocycles. The highest BCUT2D eigenvalue weighted by molar-refractivity contribution is 5.68. The molecule has 1 aromatic carbocycles. The fraction of sp³-hybridized carbons (Fsp3) is 0.579. The predicted octanol–water partition coefficient (Wildman–Crippen LogP) is 3.78. The number of nitriles is 1. The molecule has 0 bridgehead atoms. The van der Waals surface area contributed by atoms with Gasteiger partial charge in [-0.2, -0.15) is 5.26 Å². The predicted molar refractivity (Wildman–Crippen MR) is 91.8 cm³/mol. The van der Waals surface area contributed by atoms with Crippen molar-refractivity contribution >= 4 is 6.09 Å². The van der Waals surface area contributed by atoms with Gasteiger partial charge in [-0.25, -0.2) is 4.79 Å². The Kier molecular flexibility index (Phi) is 5.38. The Morgan fingerprint density at radius 2 is 1.92 bits per heavy atom. The minimum Gasteiger partial charge on any atom is -0.496 e. The van der Waals surface area contributed by atoms with E-state index in [0.29, 0.717) is 32.4 Å². The average molecular weight is 330 g/mol. The summed E-state index contributed by atoms with van der Waals surface area (Å²) in [5.74, 6) is 0.807. The summed E-state index contributed by atoms with van der Waals surface area (Å²) in [5.41, 5.74) is 0.0676. The van der Waals surface area contributed by atoms with Gasteiger partial charge in [0.1, 0.15) is 11.4 Å². The molecule has 0 unspecified atom stereocenters. The van der Waals surface area contributed by atoms with E-state index >= 15 is 0 Å². The molecule has 0 spiro atoms. The van der Waals surface area contributed by atoms with Crippen LogP contribution in [0.3, 0.4) is 0 Å². The van der Waals surface area contributed by atoms with Crippen molar-refractivity contribution in [1.29, 1.82) is 5.26 Å². The molecule has 1 fully saturated rings. The maximum absolute atomic E-state index is 12.2. The largest absolute Gasteiger partial charge is 0.496 e. The summed E-state index contributed by atoms with van der Waals surface area (Å²) in [5, 5.41) is 9.75. The van der Waals surface area contributed by atoms with E-state index in [0.717, 1.165) is 11.3 Å². The lowest BCUT2D eigenvalue weighted by molar-refractivity contribution is 0.0148. The second-order valence-electron chi connectivity index (χ2n) is 7.35. The van der Waals surface area contributed by atoms with Gasteiger partial charge in [-0.15, -0.1) is 0 Å². The van der Waals surface area contributed by atoms with E-state index in [1.165, 1.54) is 0 Å². The van der Waals surface area contributed by atoms with Crippen molar-refractivity contribution in [2.75, 3.05) is 20.2 Å². The molecular formula is C19H26N2O3. The third-order valence-corrected chi connectivity index (χ3v) is 4.33. The molecule has 5 nitrogen and oxygen atoms in total. The third-order valence-electron chi connectivity index (χ3n) is 4.33. The van der Waals surface area contributed by atoms with Gasteiger partial charge in [0.25, 0.3) is 0 Å². The van der Waals surface area contributed by atoms with Crippen LogP contribution in [0.5, 0.6) is 5.75 Å². The van der Waals surface area contributed by atoms with Gasteiger partial charge in [0.15, 0.2) is 0 Å². The molecule has 1 heterocycles. The van der Waals surface area contributed by atoms with E-state index in [4.69, 9.17) is 9.47 Å². The van der Waals surface area contributed by atoms with Gasteiger partial charge in [0.2, 0.25) is 0 Å². The molecule has 1 amide bonds. The average Bonchev–Trinajstić information content (AvgIpc) is 2.54. The van der Waals surface area contributed by atoms with E-state index in [1.54, 1.807) is 12.0 Å². The SMILES string of the molecule is COc1ccccc1CC1(C#N)CCN(C(=O)OC(C)(C)C)CC1. The smallest absolute Gasteiger partial charge is 0.410 e. The number of likely N-dealkylation sites (tertiary alicyclic amines) is 1. The number of carbonyl (C=O) groups is 1. The van der Waals surface area contributed by atoms with Crippen LogP contribution in [0, 0.1) is 16.7 Å². The summed E-state index contributed by atoms with van der Waals surface area (Å²) in [4.78, 5) is 13.9. The van der Waals surface area contributed by atoms with Crippen LogP contribution in [0.15, 0.2) is 24.3 Å². The number of nitrogens with zero attached hydrogens (tertiary/aromatic N) is 2. The Morgan fingerprint density at radius 3 is 2.46 bits per heavy atom. The molecule has 130 valence electrons. The first-order valence-electron chi connectivity index (χ1n) is 8.30. The highest BCUT2D eigenvalue weighted by Crippen LogP contribution is 2.37. The number of methoxy groups -OCH3 is 1. The standard InChI is InChI=1S/C19H26N2O3/c1-18(2,3)24-17(22)21-11-9-19(14-20,10-12-21)13-15-7-5-6-8-16(15)23-4/h5-8H,9-13H2,1-4H3. The van der Waals surface area contributed by atoms with Crippen LogP contribution in [0.4, 0.5) is 4.79 Å². The summed E-state index contributed by atoms with van der Waals surface area (Å²) in [6.45, 7) is 6.65. The Bertz CT molecular complexity index is 620. The van der Waals surface area contributed by atoms with Crippen LogP contribution >= 0.6 is 0 Å². The third kappa shape index (κ3) is 4.41. The fourth-order valence-electron chi connectivity index (χ4n) is 2.99. The number of carbonyl (C=O) groups excluding carboxylic acids is 1. The molecule has 0 saturated carbocycles. The van der Waals surface area contributed by atoms with Crippen molar-refractivity contribution in [2.45, 2.75) is 45.6 Å². The van der Waals surface area contributed by atoms with E-state index in [2.05, 4.69) is 6.07 Å². The first-order valence-corrected chi connectivity index (χ1v) is 8.30. The van der Waals surface area contributed by atoms with Gasteiger partial charge in [-0.1, -0.05) is 18.2 Å². The summed E-state index contributed by atoms with van der Waals surface area (Å²) in [6.07, 6.45) is 1.61. The van der Waals surface area contributed by atoms with Gasteiger partial charge < -0.3 is 14.4 Å². The number of para-hydroxylation sites is 1. The summed E-state index contributed by atoms with van der Waals surface area (Å²) < 4.78 is 10.8. The van der Waals surface area contributed by atoms with E-state index < -0.39 is 11.0 Å². The molecule has 1 aliphatic heterocycles. The zero-order valence-electron chi connectivity index (χ0n) is 15.0. The van der Waals surface area contributed by atoms with Gasteiger partial charge in [-0.05, 0) is 51.7 Å². The summed E-state index contributed by atoms with van der Waals surface area (Å²) in [7, 11) is 1.64. The van der Waals surface area contributed by atoms with Gasteiger partial charge in [-0.3, -0.25) is 0 Å². The van der Waals surface area contributed by atoms with Crippen LogP contribution in [-0.2, 0) is 11.2 Å².